The highest BCUT2D eigenvalue weighted by Gasteiger charge is 2.23. The summed E-state index contributed by atoms with van der Waals surface area (Å²) in [5, 5.41) is 16.0. The van der Waals surface area contributed by atoms with E-state index in [0.29, 0.717) is 42.1 Å². The molecule has 0 amide bonds. The molecule has 2 aromatic carbocycles. The lowest BCUT2D eigenvalue weighted by Gasteiger charge is -2.25. The molecule has 0 aliphatic heterocycles. The van der Waals surface area contributed by atoms with Crippen molar-refractivity contribution in [3.63, 3.8) is 0 Å². The van der Waals surface area contributed by atoms with Gasteiger partial charge in [0, 0.05) is 18.1 Å². The molecule has 0 bridgehead atoms. The molecule has 0 unspecified atom stereocenters. The van der Waals surface area contributed by atoms with E-state index >= 15 is 0 Å². The molecule has 0 saturated carbocycles. The Bertz CT molecular complexity index is 1070. The Morgan fingerprint density at radius 1 is 1.09 bits per heavy atom. The summed E-state index contributed by atoms with van der Waals surface area (Å²) in [6.45, 7) is 10.2. The Labute approximate surface area is 213 Å². The molecule has 0 aliphatic carbocycles. The number of halogens is 1. The van der Waals surface area contributed by atoms with E-state index in [1.54, 1.807) is 11.8 Å². The highest BCUT2D eigenvalue weighted by atomic mass is 35.5. The lowest BCUT2D eigenvalue weighted by Crippen LogP contribution is -2.35. The summed E-state index contributed by atoms with van der Waals surface area (Å²) in [4.78, 5) is 2.21. The number of aliphatic hydroxyl groups is 1. The van der Waals surface area contributed by atoms with E-state index in [4.69, 9.17) is 30.9 Å². The van der Waals surface area contributed by atoms with Crippen LogP contribution in [-0.4, -0.2) is 58.8 Å². The average Bonchev–Trinajstić information content (AvgIpc) is 3.13. The van der Waals surface area contributed by atoms with Crippen LogP contribution in [0.5, 0.6) is 17.4 Å². The Balaban J connectivity index is 1.98. The fourth-order valence-electron chi connectivity index (χ4n) is 3.82. The van der Waals surface area contributed by atoms with Crippen LogP contribution in [0.25, 0.3) is 5.69 Å². The summed E-state index contributed by atoms with van der Waals surface area (Å²) in [6, 6.07) is 15.0. The monoisotopic (exact) mass is 501 g/mol. The molecule has 1 atom stereocenters. The van der Waals surface area contributed by atoms with Crippen LogP contribution in [0.15, 0.2) is 48.5 Å². The molecule has 1 heterocycles. The molecule has 190 valence electrons. The van der Waals surface area contributed by atoms with Crippen molar-refractivity contribution < 1.29 is 19.3 Å². The quantitative estimate of drug-likeness (QED) is 0.327. The van der Waals surface area contributed by atoms with E-state index in [2.05, 4.69) is 11.8 Å². The van der Waals surface area contributed by atoms with Gasteiger partial charge in [-0.1, -0.05) is 30.7 Å². The summed E-state index contributed by atoms with van der Waals surface area (Å²) in [6.07, 6.45) is 0.435. The topological polar surface area (TPSA) is 69.0 Å². The number of aromatic nitrogens is 2. The summed E-state index contributed by atoms with van der Waals surface area (Å²) in [7, 11) is 1.62. The largest absolute Gasteiger partial charge is 0.493 e. The molecule has 0 aliphatic rings. The number of methoxy groups -OCH3 is 1. The van der Waals surface area contributed by atoms with E-state index < -0.39 is 6.10 Å². The summed E-state index contributed by atoms with van der Waals surface area (Å²) >= 11 is 6.12. The maximum atomic E-state index is 10.6. The molecular formula is C27H36ClN3O4. The van der Waals surface area contributed by atoms with Gasteiger partial charge in [0.25, 0.3) is 0 Å². The zero-order chi connectivity index (χ0) is 25.4. The zero-order valence-electron chi connectivity index (χ0n) is 21.2. The number of ether oxygens (including phenoxy) is 3. The van der Waals surface area contributed by atoms with Crippen molar-refractivity contribution in [2.45, 2.75) is 52.9 Å². The number of benzene rings is 2. The van der Waals surface area contributed by atoms with Crippen molar-refractivity contribution in [3.05, 3.63) is 64.8 Å². The fourth-order valence-corrected chi connectivity index (χ4v) is 3.94. The molecule has 0 spiro atoms. The molecule has 3 rings (SSSR count). The van der Waals surface area contributed by atoms with Crippen molar-refractivity contribution in [2.75, 3.05) is 26.8 Å². The summed E-state index contributed by atoms with van der Waals surface area (Å²) in [5.74, 6) is 1.83. The normalized spacial score (nSPS) is 12.4. The van der Waals surface area contributed by atoms with Crippen LogP contribution in [0.3, 0.4) is 0 Å². The number of aliphatic hydroxyl groups excluding tert-OH is 1. The third kappa shape index (κ3) is 7.45. The summed E-state index contributed by atoms with van der Waals surface area (Å²) in [5.41, 5.74) is 2.62. The van der Waals surface area contributed by atoms with Crippen LogP contribution < -0.4 is 9.47 Å². The van der Waals surface area contributed by atoms with E-state index in [1.165, 1.54) is 0 Å². The maximum Gasteiger partial charge on any atom is 0.227 e. The number of rotatable bonds is 13. The van der Waals surface area contributed by atoms with Crippen molar-refractivity contribution in [2.24, 2.45) is 0 Å². The lowest BCUT2D eigenvalue weighted by atomic mass is 10.2. The van der Waals surface area contributed by atoms with Gasteiger partial charge in [-0.05, 0) is 70.1 Å². The number of hydrogen-bond acceptors (Lipinski definition) is 6. The van der Waals surface area contributed by atoms with E-state index in [9.17, 15) is 5.11 Å². The predicted octanol–water partition coefficient (Wildman–Crippen LogP) is 5.63. The first kappa shape index (κ1) is 27.0. The van der Waals surface area contributed by atoms with Gasteiger partial charge >= 0.3 is 0 Å². The highest BCUT2D eigenvalue weighted by molar-refractivity contribution is 6.30. The second-order valence-electron chi connectivity index (χ2n) is 8.78. The Kier molecular flexibility index (Phi) is 9.98. The SMILES string of the molecule is CCCN(Cc1c(C)nn(-c2ccc(Cl)cc2)c1Oc1ccccc1OC)C[C@H](O)COC(C)C. The predicted molar refractivity (Wildman–Crippen MR) is 139 cm³/mol. The van der Waals surface area contributed by atoms with E-state index in [-0.39, 0.29) is 6.10 Å². The van der Waals surface area contributed by atoms with Gasteiger partial charge in [-0.2, -0.15) is 5.10 Å². The second-order valence-corrected chi connectivity index (χ2v) is 9.22. The van der Waals surface area contributed by atoms with Crippen LogP contribution in [0, 0.1) is 6.92 Å². The Hall–Kier alpha value is -2.58. The molecule has 3 aromatic rings. The number of para-hydroxylation sites is 2. The molecule has 0 fully saturated rings. The van der Waals surface area contributed by atoms with Crippen molar-refractivity contribution in [1.29, 1.82) is 0 Å². The van der Waals surface area contributed by atoms with Gasteiger partial charge < -0.3 is 19.3 Å². The molecule has 35 heavy (non-hydrogen) atoms. The van der Waals surface area contributed by atoms with Crippen molar-refractivity contribution in [3.8, 4) is 23.1 Å². The fraction of sp³-hybridized carbons (Fsp3) is 0.444. The molecule has 0 radical (unpaired) electrons. The molecule has 7 nitrogen and oxygen atoms in total. The molecule has 1 aromatic heterocycles. The first-order valence-corrected chi connectivity index (χ1v) is 12.4. The Morgan fingerprint density at radius 3 is 2.40 bits per heavy atom. The van der Waals surface area contributed by atoms with Gasteiger partial charge in [-0.15, -0.1) is 0 Å². The third-order valence-electron chi connectivity index (χ3n) is 5.50. The maximum absolute atomic E-state index is 10.6. The minimum atomic E-state index is -0.589. The van der Waals surface area contributed by atoms with E-state index in [0.717, 1.165) is 29.9 Å². The summed E-state index contributed by atoms with van der Waals surface area (Å²) < 4.78 is 19.4. The second kappa shape index (κ2) is 12.9. The van der Waals surface area contributed by atoms with Gasteiger partial charge in [-0.3, -0.25) is 4.90 Å². The molecular weight excluding hydrogens is 466 g/mol. The van der Waals surface area contributed by atoms with Crippen LogP contribution in [0.1, 0.15) is 38.4 Å². The third-order valence-corrected chi connectivity index (χ3v) is 5.75. The first-order valence-electron chi connectivity index (χ1n) is 12.0. The van der Waals surface area contributed by atoms with Gasteiger partial charge in [0.2, 0.25) is 5.88 Å². The molecule has 0 saturated heterocycles. The van der Waals surface area contributed by atoms with Gasteiger partial charge in [0.15, 0.2) is 11.5 Å². The van der Waals surface area contributed by atoms with Crippen LogP contribution >= 0.6 is 11.6 Å². The Morgan fingerprint density at radius 2 is 1.77 bits per heavy atom. The van der Waals surface area contributed by atoms with Gasteiger partial charge in [0.1, 0.15) is 0 Å². The van der Waals surface area contributed by atoms with E-state index in [1.807, 2.05) is 69.3 Å². The smallest absolute Gasteiger partial charge is 0.227 e. The minimum Gasteiger partial charge on any atom is -0.493 e. The molecule has 8 heteroatoms. The lowest BCUT2D eigenvalue weighted by molar-refractivity contribution is -0.00957. The van der Waals surface area contributed by atoms with Gasteiger partial charge in [0.05, 0.1) is 42.9 Å². The van der Waals surface area contributed by atoms with Crippen molar-refractivity contribution in [1.82, 2.24) is 14.7 Å². The number of nitrogens with zero attached hydrogens (tertiary/aromatic N) is 3. The highest BCUT2D eigenvalue weighted by Crippen LogP contribution is 2.36. The zero-order valence-corrected chi connectivity index (χ0v) is 22.0. The molecule has 1 N–H and O–H groups in total. The minimum absolute atomic E-state index is 0.0741. The van der Waals surface area contributed by atoms with Gasteiger partial charge in [-0.25, -0.2) is 4.68 Å². The van der Waals surface area contributed by atoms with Crippen LogP contribution in [-0.2, 0) is 11.3 Å². The standard InChI is InChI=1S/C27H36ClN3O4/c1-6-15-30(16-23(32)18-34-19(2)3)17-24-20(4)29-31(22-13-11-21(28)12-14-22)27(24)35-26-10-8-7-9-25(26)33-5/h7-14,19,23,32H,6,15-18H2,1-5H3/t23-/m0/s1. The number of aryl methyl sites for hydroxylation is 1. The first-order chi connectivity index (χ1) is 16.8. The van der Waals surface area contributed by atoms with Crippen LogP contribution in [0.4, 0.5) is 0 Å². The van der Waals surface area contributed by atoms with Crippen LogP contribution in [0.2, 0.25) is 5.02 Å². The average molecular weight is 502 g/mol. The van der Waals surface area contributed by atoms with Crippen molar-refractivity contribution >= 4 is 11.6 Å². The number of hydrogen-bond donors (Lipinski definition) is 1.